The summed E-state index contributed by atoms with van der Waals surface area (Å²) < 4.78 is 5.32. The van der Waals surface area contributed by atoms with E-state index in [9.17, 15) is 0 Å². The predicted octanol–water partition coefficient (Wildman–Crippen LogP) is 3.41. The zero-order valence-corrected chi connectivity index (χ0v) is 14.8. The van der Waals surface area contributed by atoms with Crippen molar-refractivity contribution in [1.29, 1.82) is 0 Å². The Labute approximate surface area is 132 Å². The molecule has 0 aliphatic heterocycles. The van der Waals surface area contributed by atoms with Crippen LogP contribution in [-0.4, -0.2) is 30.7 Å². The summed E-state index contributed by atoms with van der Waals surface area (Å²) in [6, 6.07) is 1.20. The van der Waals surface area contributed by atoms with Gasteiger partial charge in [-0.1, -0.05) is 13.8 Å². The highest BCUT2D eigenvalue weighted by atomic mass is 32.1. The maximum atomic E-state index is 5.32. The van der Waals surface area contributed by atoms with Crippen molar-refractivity contribution in [2.75, 3.05) is 18.6 Å². The Balaban J connectivity index is 2.14. The van der Waals surface area contributed by atoms with Crippen LogP contribution in [0.1, 0.15) is 51.1 Å². The second kappa shape index (κ2) is 7.56. The second-order valence-electron chi connectivity index (χ2n) is 6.59. The zero-order valence-electron chi connectivity index (χ0n) is 14.0. The molecule has 1 heterocycles. The van der Waals surface area contributed by atoms with Gasteiger partial charge in [-0.3, -0.25) is 0 Å². The van der Waals surface area contributed by atoms with Crippen LogP contribution in [0.15, 0.2) is 0 Å². The lowest BCUT2D eigenvalue weighted by Gasteiger charge is -2.27. The van der Waals surface area contributed by atoms with Crippen LogP contribution in [0.2, 0.25) is 0 Å². The summed E-state index contributed by atoms with van der Waals surface area (Å²) in [6.07, 6.45) is 2.63. The number of rotatable bonds is 9. The Morgan fingerprint density at radius 3 is 2.57 bits per heavy atom. The van der Waals surface area contributed by atoms with Gasteiger partial charge in [-0.15, -0.1) is 11.3 Å². The lowest BCUT2D eigenvalue weighted by atomic mass is 10.2. The average molecular weight is 311 g/mol. The highest BCUT2D eigenvalue weighted by Crippen LogP contribution is 2.30. The maximum Gasteiger partial charge on any atom is 0.186 e. The van der Waals surface area contributed by atoms with E-state index in [0.29, 0.717) is 18.6 Å². The molecule has 120 valence electrons. The van der Waals surface area contributed by atoms with E-state index in [0.717, 1.165) is 30.0 Å². The molecule has 1 aromatic rings. The molecule has 1 aromatic heterocycles. The van der Waals surface area contributed by atoms with E-state index in [1.165, 1.54) is 17.7 Å². The molecule has 0 saturated heterocycles. The highest BCUT2D eigenvalue weighted by Gasteiger charge is 2.23. The third kappa shape index (κ3) is 4.94. The van der Waals surface area contributed by atoms with Gasteiger partial charge in [0.15, 0.2) is 5.13 Å². The summed E-state index contributed by atoms with van der Waals surface area (Å²) in [7, 11) is 1.74. The molecule has 21 heavy (non-hydrogen) atoms. The van der Waals surface area contributed by atoms with Crippen molar-refractivity contribution >= 4 is 16.5 Å². The van der Waals surface area contributed by atoms with Crippen LogP contribution in [-0.2, 0) is 17.9 Å². The van der Waals surface area contributed by atoms with Gasteiger partial charge in [0.05, 0.1) is 12.3 Å². The van der Waals surface area contributed by atoms with Crippen molar-refractivity contribution in [3.63, 3.8) is 0 Å². The Kier molecular flexibility index (Phi) is 6.02. The third-order valence-corrected chi connectivity index (χ3v) is 4.74. The molecule has 1 aliphatic rings. The van der Waals surface area contributed by atoms with Crippen LogP contribution < -0.4 is 10.2 Å². The van der Waals surface area contributed by atoms with Gasteiger partial charge in [0.25, 0.3) is 0 Å². The van der Waals surface area contributed by atoms with E-state index < -0.39 is 0 Å². The normalized spacial score (nSPS) is 15.2. The number of ether oxygens (including phenoxy) is 1. The number of nitrogens with one attached hydrogen (secondary N) is 1. The monoisotopic (exact) mass is 311 g/mol. The molecular formula is C16H29N3OS. The fourth-order valence-electron chi connectivity index (χ4n) is 2.31. The van der Waals surface area contributed by atoms with Crippen molar-refractivity contribution in [2.45, 2.75) is 65.8 Å². The summed E-state index contributed by atoms with van der Waals surface area (Å²) in [6.45, 7) is 11.6. The van der Waals surface area contributed by atoms with Crippen LogP contribution >= 0.6 is 11.3 Å². The third-order valence-electron chi connectivity index (χ3n) is 3.61. The molecule has 0 amide bonds. The van der Waals surface area contributed by atoms with Crippen LogP contribution in [0.5, 0.6) is 0 Å². The van der Waals surface area contributed by atoms with Gasteiger partial charge in [0.2, 0.25) is 0 Å². The molecule has 0 bridgehead atoms. The van der Waals surface area contributed by atoms with Gasteiger partial charge in [0, 0.05) is 37.2 Å². The fourth-order valence-corrected chi connectivity index (χ4v) is 3.46. The highest BCUT2D eigenvalue weighted by molar-refractivity contribution is 7.15. The van der Waals surface area contributed by atoms with E-state index in [1.54, 1.807) is 7.11 Å². The summed E-state index contributed by atoms with van der Waals surface area (Å²) >= 11 is 1.82. The number of aromatic nitrogens is 1. The molecular weight excluding hydrogens is 282 g/mol. The van der Waals surface area contributed by atoms with Gasteiger partial charge < -0.3 is 15.0 Å². The van der Waals surface area contributed by atoms with Crippen LogP contribution in [0, 0.1) is 5.92 Å². The second-order valence-corrected chi connectivity index (χ2v) is 7.66. The van der Waals surface area contributed by atoms with Gasteiger partial charge in [-0.25, -0.2) is 4.98 Å². The molecule has 0 aromatic carbocycles. The lowest BCUT2D eigenvalue weighted by Crippen LogP contribution is -2.34. The number of hydrogen-bond acceptors (Lipinski definition) is 5. The fraction of sp³-hybridized carbons (Fsp3) is 0.812. The van der Waals surface area contributed by atoms with Crippen molar-refractivity contribution in [1.82, 2.24) is 10.3 Å². The Bertz CT molecular complexity index is 441. The Hall–Kier alpha value is -0.650. The molecule has 1 fully saturated rings. The topological polar surface area (TPSA) is 37.4 Å². The standard InChI is InChI=1S/C16H29N3OS/c1-11(2)9-19(12(3)4)16-18-14(10-20-5)15(21-16)8-17-13-6-7-13/h11-13,17H,6-10H2,1-5H3. The molecule has 2 rings (SSSR count). The summed E-state index contributed by atoms with van der Waals surface area (Å²) in [5.41, 5.74) is 1.10. The summed E-state index contributed by atoms with van der Waals surface area (Å²) in [5.74, 6) is 0.634. The minimum atomic E-state index is 0.471. The van der Waals surface area contributed by atoms with Crippen molar-refractivity contribution < 1.29 is 4.74 Å². The zero-order chi connectivity index (χ0) is 15.4. The molecule has 0 atom stereocenters. The largest absolute Gasteiger partial charge is 0.378 e. The minimum Gasteiger partial charge on any atom is -0.378 e. The Morgan fingerprint density at radius 2 is 2.05 bits per heavy atom. The molecule has 5 heteroatoms. The SMILES string of the molecule is COCc1nc(N(CC(C)C)C(C)C)sc1CNC1CC1. The van der Waals surface area contributed by atoms with Gasteiger partial charge >= 0.3 is 0 Å². The predicted molar refractivity (Wildman–Crippen MR) is 90.0 cm³/mol. The molecule has 4 nitrogen and oxygen atoms in total. The maximum absolute atomic E-state index is 5.32. The smallest absolute Gasteiger partial charge is 0.186 e. The van der Waals surface area contributed by atoms with E-state index in [2.05, 4.69) is 37.9 Å². The average Bonchev–Trinajstić information content (AvgIpc) is 3.15. The quantitative estimate of drug-likeness (QED) is 0.758. The number of nitrogens with zero attached hydrogens (tertiary/aromatic N) is 2. The molecule has 1 aliphatic carbocycles. The number of anilines is 1. The van der Waals surface area contributed by atoms with Crippen molar-refractivity contribution in [3.05, 3.63) is 10.6 Å². The van der Waals surface area contributed by atoms with Gasteiger partial charge in [-0.2, -0.15) is 0 Å². The summed E-state index contributed by atoms with van der Waals surface area (Å²) in [5, 5.41) is 4.73. The molecule has 0 spiro atoms. The van der Waals surface area contributed by atoms with E-state index in [4.69, 9.17) is 9.72 Å². The van der Waals surface area contributed by atoms with E-state index in [1.807, 2.05) is 11.3 Å². The van der Waals surface area contributed by atoms with Gasteiger partial charge in [0.1, 0.15) is 0 Å². The number of thiazole rings is 1. The van der Waals surface area contributed by atoms with Crippen molar-refractivity contribution in [2.24, 2.45) is 5.92 Å². The lowest BCUT2D eigenvalue weighted by molar-refractivity contribution is 0.181. The van der Waals surface area contributed by atoms with Crippen LogP contribution in [0.3, 0.4) is 0 Å². The first-order valence-corrected chi connectivity index (χ1v) is 8.80. The van der Waals surface area contributed by atoms with Crippen LogP contribution in [0.25, 0.3) is 0 Å². The first kappa shape index (κ1) is 16.7. The molecule has 1 N–H and O–H groups in total. The van der Waals surface area contributed by atoms with E-state index >= 15 is 0 Å². The molecule has 1 saturated carbocycles. The van der Waals surface area contributed by atoms with E-state index in [-0.39, 0.29) is 0 Å². The first-order chi connectivity index (χ1) is 10.0. The first-order valence-electron chi connectivity index (χ1n) is 7.98. The minimum absolute atomic E-state index is 0.471. The number of methoxy groups -OCH3 is 1. The van der Waals surface area contributed by atoms with Gasteiger partial charge in [-0.05, 0) is 32.6 Å². The van der Waals surface area contributed by atoms with Crippen molar-refractivity contribution in [3.8, 4) is 0 Å². The van der Waals surface area contributed by atoms with Crippen LogP contribution in [0.4, 0.5) is 5.13 Å². The Morgan fingerprint density at radius 1 is 1.33 bits per heavy atom. The molecule has 0 radical (unpaired) electrons. The molecule has 0 unspecified atom stereocenters. The number of hydrogen-bond donors (Lipinski definition) is 1. The summed E-state index contributed by atoms with van der Waals surface area (Å²) in [4.78, 5) is 8.59.